The highest BCUT2D eigenvalue weighted by Gasteiger charge is 2.22. The maximum atomic E-state index is 12.4. The molecule has 6 nitrogen and oxygen atoms in total. The number of hydrogen-bond donors (Lipinski definition) is 0. The summed E-state index contributed by atoms with van der Waals surface area (Å²) in [7, 11) is 3.27. The molecule has 0 spiro atoms. The van der Waals surface area contributed by atoms with Gasteiger partial charge in [-0.05, 0) is 42.5 Å². The van der Waals surface area contributed by atoms with Gasteiger partial charge in [-0.1, -0.05) is 48.6 Å². The first-order valence-electron chi connectivity index (χ1n) is 10.5. The molecule has 0 fully saturated rings. The summed E-state index contributed by atoms with van der Waals surface area (Å²) in [6, 6.07) is 15.5. The second-order valence-electron chi connectivity index (χ2n) is 7.60. The highest BCUT2D eigenvalue weighted by atomic mass is 16.5. The van der Waals surface area contributed by atoms with E-state index in [-0.39, 0.29) is 24.4 Å². The van der Waals surface area contributed by atoms with Crippen molar-refractivity contribution in [3.05, 3.63) is 71.8 Å². The molecule has 31 heavy (non-hydrogen) atoms. The molecule has 0 N–H and O–H groups in total. The molecule has 1 atom stereocenters. The lowest BCUT2D eigenvalue weighted by molar-refractivity contribution is -0.155. The smallest absolute Gasteiger partial charge is 0.309 e. The molecular formula is C25H29NO5. The van der Waals surface area contributed by atoms with E-state index in [1.165, 1.54) is 4.90 Å². The molecule has 1 aliphatic carbocycles. The van der Waals surface area contributed by atoms with Crippen molar-refractivity contribution >= 4 is 11.9 Å². The molecule has 3 rings (SSSR count). The van der Waals surface area contributed by atoms with Crippen molar-refractivity contribution in [3.63, 3.8) is 0 Å². The second kappa shape index (κ2) is 11.2. The molecule has 0 heterocycles. The zero-order valence-corrected chi connectivity index (χ0v) is 18.1. The molecule has 0 aliphatic heterocycles. The Balaban J connectivity index is 1.51. The van der Waals surface area contributed by atoms with Gasteiger partial charge in [0.2, 0.25) is 0 Å². The number of rotatable bonds is 9. The van der Waals surface area contributed by atoms with Crippen LogP contribution in [0.15, 0.2) is 60.7 Å². The van der Waals surface area contributed by atoms with Crippen molar-refractivity contribution < 1.29 is 23.8 Å². The minimum Gasteiger partial charge on any atom is -0.493 e. The Labute approximate surface area is 183 Å². The van der Waals surface area contributed by atoms with Gasteiger partial charge in [0, 0.05) is 13.6 Å². The zero-order valence-electron chi connectivity index (χ0n) is 18.1. The Morgan fingerprint density at radius 2 is 1.84 bits per heavy atom. The van der Waals surface area contributed by atoms with E-state index in [9.17, 15) is 9.59 Å². The third-order valence-electron chi connectivity index (χ3n) is 5.25. The van der Waals surface area contributed by atoms with Crippen LogP contribution in [-0.4, -0.2) is 37.5 Å². The Kier molecular flexibility index (Phi) is 8.10. The van der Waals surface area contributed by atoms with Gasteiger partial charge < -0.3 is 19.1 Å². The van der Waals surface area contributed by atoms with Crippen molar-refractivity contribution in [1.29, 1.82) is 0 Å². The van der Waals surface area contributed by atoms with Crippen molar-refractivity contribution in [1.82, 2.24) is 4.90 Å². The fourth-order valence-corrected chi connectivity index (χ4v) is 3.40. The van der Waals surface area contributed by atoms with Gasteiger partial charge in [-0.25, -0.2) is 0 Å². The average Bonchev–Trinajstić information content (AvgIpc) is 2.82. The Hall–Kier alpha value is -3.28. The predicted molar refractivity (Wildman–Crippen MR) is 118 cm³/mol. The summed E-state index contributed by atoms with van der Waals surface area (Å²) in [4.78, 5) is 26.0. The van der Waals surface area contributed by atoms with Gasteiger partial charge in [-0.2, -0.15) is 0 Å². The molecule has 6 heteroatoms. The fourth-order valence-electron chi connectivity index (χ4n) is 3.40. The molecule has 0 saturated carbocycles. The average molecular weight is 424 g/mol. The lowest BCUT2D eigenvalue weighted by Gasteiger charge is -2.20. The lowest BCUT2D eigenvalue weighted by atomic mass is 9.95. The summed E-state index contributed by atoms with van der Waals surface area (Å²) in [5, 5.41) is 0. The van der Waals surface area contributed by atoms with Crippen LogP contribution < -0.4 is 9.47 Å². The third-order valence-corrected chi connectivity index (χ3v) is 5.25. The Morgan fingerprint density at radius 3 is 2.55 bits per heavy atom. The van der Waals surface area contributed by atoms with Gasteiger partial charge in [-0.3, -0.25) is 9.59 Å². The molecule has 2 aromatic rings. The largest absolute Gasteiger partial charge is 0.493 e. The minimum atomic E-state index is -0.298. The number of amides is 1. The molecule has 0 bridgehead atoms. The van der Waals surface area contributed by atoms with E-state index < -0.39 is 0 Å². The molecule has 2 aromatic carbocycles. The van der Waals surface area contributed by atoms with E-state index in [0.717, 1.165) is 24.0 Å². The predicted octanol–water partition coefficient (Wildman–Crippen LogP) is 4.13. The highest BCUT2D eigenvalue weighted by Crippen LogP contribution is 2.29. The van der Waals surface area contributed by atoms with Crippen molar-refractivity contribution in [2.75, 3.05) is 20.8 Å². The molecule has 1 amide bonds. The van der Waals surface area contributed by atoms with Crippen LogP contribution in [0, 0.1) is 5.92 Å². The first kappa shape index (κ1) is 22.4. The number of esters is 1. The SMILES string of the molecule is COc1cc(CN(C)C(=O)COC(=O)[C@H]2CC=CCC2)ccc1OCc1ccccc1. The molecular weight excluding hydrogens is 394 g/mol. The summed E-state index contributed by atoms with van der Waals surface area (Å²) < 4.78 is 16.6. The normalized spacial score (nSPS) is 15.2. The van der Waals surface area contributed by atoms with E-state index >= 15 is 0 Å². The van der Waals surface area contributed by atoms with Crippen LogP contribution in [0.3, 0.4) is 0 Å². The quantitative estimate of drug-likeness (QED) is 0.448. The van der Waals surface area contributed by atoms with E-state index in [0.29, 0.717) is 31.1 Å². The van der Waals surface area contributed by atoms with Gasteiger partial charge in [0.1, 0.15) is 6.61 Å². The number of allylic oxidation sites excluding steroid dienone is 2. The summed E-state index contributed by atoms with van der Waals surface area (Å²) in [5.41, 5.74) is 1.96. The van der Waals surface area contributed by atoms with Crippen LogP contribution in [0.2, 0.25) is 0 Å². The van der Waals surface area contributed by atoms with Crippen LogP contribution in [0.25, 0.3) is 0 Å². The number of carbonyl (C=O) groups is 2. The van der Waals surface area contributed by atoms with Gasteiger partial charge in [0.25, 0.3) is 5.91 Å². The van der Waals surface area contributed by atoms with E-state index in [4.69, 9.17) is 14.2 Å². The van der Waals surface area contributed by atoms with E-state index in [2.05, 4.69) is 6.08 Å². The van der Waals surface area contributed by atoms with Crippen molar-refractivity contribution in [2.24, 2.45) is 5.92 Å². The van der Waals surface area contributed by atoms with Crippen LogP contribution in [0.4, 0.5) is 0 Å². The first-order chi connectivity index (χ1) is 15.1. The van der Waals surface area contributed by atoms with Gasteiger partial charge >= 0.3 is 5.97 Å². The number of nitrogens with zero attached hydrogens (tertiary/aromatic N) is 1. The molecule has 0 saturated heterocycles. The van der Waals surface area contributed by atoms with Gasteiger partial charge in [0.15, 0.2) is 18.1 Å². The van der Waals surface area contributed by atoms with Crippen LogP contribution in [0.1, 0.15) is 30.4 Å². The van der Waals surface area contributed by atoms with Crippen molar-refractivity contribution in [2.45, 2.75) is 32.4 Å². The monoisotopic (exact) mass is 423 g/mol. The maximum Gasteiger partial charge on any atom is 0.309 e. The number of ether oxygens (including phenoxy) is 3. The second-order valence-corrected chi connectivity index (χ2v) is 7.60. The Morgan fingerprint density at radius 1 is 1.03 bits per heavy atom. The lowest BCUT2D eigenvalue weighted by Crippen LogP contribution is -2.32. The maximum absolute atomic E-state index is 12.4. The molecule has 0 aromatic heterocycles. The summed E-state index contributed by atoms with van der Waals surface area (Å²) in [6.07, 6.45) is 6.39. The fraction of sp³-hybridized carbons (Fsp3) is 0.360. The molecule has 0 unspecified atom stereocenters. The Bertz CT molecular complexity index is 909. The zero-order chi connectivity index (χ0) is 22.1. The minimum absolute atomic E-state index is 0.143. The molecule has 1 aliphatic rings. The summed E-state index contributed by atoms with van der Waals surface area (Å²) >= 11 is 0. The van der Waals surface area contributed by atoms with Crippen LogP contribution in [0.5, 0.6) is 11.5 Å². The van der Waals surface area contributed by atoms with Crippen molar-refractivity contribution in [3.8, 4) is 11.5 Å². The first-order valence-corrected chi connectivity index (χ1v) is 10.5. The van der Waals surface area contributed by atoms with E-state index in [1.54, 1.807) is 14.2 Å². The highest BCUT2D eigenvalue weighted by molar-refractivity contribution is 5.81. The molecule has 164 valence electrons. The standard InChI is InChI=1S/C25H29NO5/c1-26(24(27)18-31-25(28)21-11-7-4-8-12-21)16-20-13-14-22(23(15-20)29-2)30-17-19-9-5-3-6-10-19/h3-7,9-10,13-15,21H,8,11-12,16-18H2,1-2H3/t21-/m0/s1. The van der Waals surface area contributed by atoms with Crippen LogP contribution in [-0.2, 0) is 27.5 Å². The molecule has 0 radical (unpaired) electrons. The number of hydrogen-bond acceptors (Lipinski definition) is 5. The third kappa shape index (κ3) is 6.60. The number of carbonyl (C=O) groups excluding carboxylic acids is 2. The van der Waals surface area contributed by atoms with Gasteiger partial charge in [-0.15, -0.1) is 0 Å². The van der Waals surface area contributed by atoms with Crippen LogP contribution >= 0.6 is 0 Å². The van der Waals surface area contributed by atoms with E-state index in [1.807, 2.05) is 54.6 Å². The topological polar surface area (TPSA) is 65.1 Å². The number of likely N-dealkylation sites (N-methyl/N-ethyl adjacent to an activating group) is 1. The van der Waals surface area contributed by atoms with Gasteiger partial charge in [0.05, 0.1) is 13.0 Å². The summed E-state index contributed by atoms with van der Waals surface area (Å²) in [5.74, 6) is 0.553. The number of benzene rings is 2. The number of methoxy groups -OCH3 is 1. The summed E-state index contributed by atoms with van der Waals surface area (Å²) in [6.45, 7) is 0.569.